The number of carbonyl (C=O) groups is 1. The highest BCUT2D eigenvalue weighted by Crippen LogP contribution is 2.02. The summed E-state index contributed by atoms with van der Waals surface area (Å²) in [4.78, 5) is 13.3. The highest BCUT2D eigenvalue weighted by atomic mass is 32.1. The summed E-state index contributed by atoms with van der Waals surface area (Å²) in [7, 11) is 1.92. The molecule has 0 radical (unpaired) electrons. The van der Waals surface area contributed by atoms with Gasteiger partial charge >= 0.3 is 0 Å². The van der Waals surface area contributed by atoms with Gasteiger partial charge in [0.1, 0.15) is 0 Å². The predicted molar refractivity (Wildman–Crippen MR) is 61.8 cm³/mol. The van der Waals surface area contributed by atoms with Crippen LogP contribution in [0.2, 0.25) is 0 Å². The zero-order valence-electron chi connectivity index (χ0n) is 8.99. The van der Waals surface area contributed by atoms with E-state index in [1.807, 2.05) is 25.8 Å². The summed E-state index contributed by atoms with van der Waals surface area (Å²) in [6, 6.07) is 0. The molecule has 1 amide bonds. The van der Waals surface area contributed by atoms with E-state index in [-0.39, 0.29) is 17.7 Å². The number of hydrogen-bond donors (Lipinski definition) is 2. The van der Waals surface area contributed by atoms with Gasteiger partial charge in [-0.25, -0.2) is 0 Å². The van der Waals surface area contributed by atoms with E-state index in [0.29, 0.717) is 11.5 Å². The van der Waals surface area contributed by atoms with E-state index in [1.165, 1.54) is 0 Å². The van der Waals surface area contributed by atoms with E-state index in [4.69, 9.17) is 23.7 Å². The molecule has 0 spiro atoms. The van der Waals surface area contributed by atoms with Crippen molar-refractivity contribution in [2.45, 2.75) is 13.8 Å². The first-order valence-electron chi connectivity index (χ1n) is 4.61. The number of thiocarbonyl (C=S) groups is 1. The first kappa shape index (κ1) is 13.3. The molecular weight excluding hydrogens is 198 g/mol. The number of primary amides is 1. The number of amides is 1. The molecule has 0 aliphatic carbocycles. The van der Waals surface area contributed by atoms with Crippen LogP contribution in [0.4, 0.5) is 0 Å². The van der Waals surface area contributed by atoms with Gasteiger partial charge in [-0.15, -0.1) is 0 Å². The van der Waals surface area contributed by atoms with Crippen LogP contribution in [0.3, 0.4) is 0 Å². The second kappa shape index (κ2) is 5.93. The van der Waals surface area contributed by atoms with Crippen LogP contribution in [0, 0.1) is 11.8 Å². The molecule has 4 nitrogen and oxygen atoms in total. The molecule has 82 valence electrons. The Kier molecular flexibility index (Phi) is 5.64. The van der Waals surface area contributed by atoms with Crippen molar-refractivity contribution < 1.29 is 4.79 Å². The average molecular weight is 217 g/mol. The summed E-state index contributed by atoms with van der Waals surface area (Å²) in [6.07, 6.45) is 0. The topological polar surface area (TPSA) is 72.3 Å². The standard InChI is InChI=1S/C9H19N3OS/c1-6(8(10)13)4-12(3)5-7(2)9(11)14/h6-7H,4-5H2,1-3H3,(H2,10,13)(H2,11,14). The molecule has 0 heterocycles. The molecule has 14 heavy (non-hydrogen) atoms. The minimum atomic E-state index is -0.278. The van der Waals surface area contributed by atoms with Gasteiger partial charge in [-0.3, -0.25) is 4.79 Å². The minimum Gasteiger partial charge on any atom is -0.393 e. The minimum absolute atomic E-state index is 0.140. The maximum absolute atomic E-state index is 10.8. The lowest BCUT2D eigenvalue weighted by Crippen LogP contribution is -2.37. The van der Waals surface area contributed by atoms with E-state index in [9.17, 15) is 4.79 Å². The zero-order valence-corrected chi connectivity index (χ0v) is 9.80. The molecule has 0 aromatic carbocycles. The molecule has 0 rings (SSSR count). The number of rotatable bonds is 6. The van der Waals surface area contributed by atoms with Gasteiger partial charge in [0.25, 0.3) is 0 Å². The van der Waals surface area contributed by atoms with Gasteiger partial charge in [0.05, 0.1) is 4.99 Å². The fraction of sp³-hybridized carbons (Fsp3) is 0.778. The second-order valence-electron chi connectivity index (χ2n) is 3.83. The van der Waals surface area contributed by atoms with Crippen LogP contribution in [0.15, 0.2) is 0 Å². The van der Waals surface area contributed by atoms with E-state index in [1.54, 1.807) is 0 Å². The molecule has 0 bridgehead atoms. The maximum Gasteiger partial charge on any atom is 0.221 e. The molecule has 0 aliphatic rings. The molecule has 4 N–H and O–H groups in total. The van der Waals surface area contributed by atoms with Crippen molar-refractivity contribution in [3.63, 3.8) is 0 Å². The Morgan fingerprint density at radius 3 is 2.07 bits per heavy atom. The first-order chi connectivity index (χ1) is 6.34. The van der Waals surface area contributed by atoms with Crippen LogP contribution >= 0.6 is 12.2 Å². The van der Waals surface area contributed by atoms with Gasteiger partial charge < -0.3 is 16.4 Å². The van der Waals surface area contributed by atoms with Crippen LogP contribution in [0.5, 0.6) is 0 Å². The predicted octanol–water partition coefficient (Wildman–Crippen LogP) is -0.0382. The van der Waals surface area contributed by atoms with Gasteiger partial charge in [0, 0.05) is 24.9 Å². The van der Waals surface area contributed by atoms with Crippen LogP contribution < -0.4 is 11.5 Å². The van der Waals surface area contributed by atoms with E-state index >= 15 is 0 Å². The van der Waals surface area contributed by atoms with Gasteiger partial charge in [0.2, 0.25) is 5.91 Å². The summed E-state index contributed by atoms with van der Waals surface area (Å²) >= 11 is 4.86. The van der Waals surface area contributed by atoms with Crippen LogP contribution in [0.1, 0.15) is 13.8 Å². The molecular formula is C9H19N3OS. The highest BCUT2D eigenvalue weighted by molar-refractivity contribution is 7.80. The third kappa shape index (κ3) is 5.14. The third-order valence-corrected chi connectivity index (χ3v) is 2.54. The van der Waals surface area contributed by atoms with Crippen molar-refractivity contribution in [1.29, 1.82) is 0 Å². The summed E-state index contributed by atoms with van der Waals surface area (Å²) in [5.41, 5.74) is 10.6. The molecule has 5 heteroatoms. The van der Waals surface area contributed by atoms with E-state index in [2.05, 4.69) is 0 Å². The van der Waals surface area contributed by atoms with Crippen LogP contribution in [-0.4, -0.2) is 35.9 Å². The Hall–Kier alpha value is -0.680. The van der Waals surface area contributed by atoms with Crippen LogP contribution in [-0.2, 0) is 4.79 Å². The summed E-state index contributed by atoms with van der Waals surface area (Å²) < 4.78 is 0. The fourth-order valence-electron chi connectivity index (χ4n) is 1.19. The summed E-state index contributed by atoms with van der Waals surface area (Å²) in [5, 5.41) is 0. The fourth-order valence-corrected chi connectivity index (χ4v) is 1.26. The van der Waals surface area contributed by atoms with Crippen molar-refractivity contribution in [3.05, 3.63) is 0 Å². The van der Waals surface area contributed by atoms with Gasteiger partial charge in [-0.1, -0.05) is 26.1 Å². The molecule has 0 aromatic heterocycles. The normalized spacial score (nSPS) is 15.1. The van der Waals surface area contributed by atoms with Gasteiger partial charge in [0.15, 0.2) is 0 Å². The maximum atomic E-state index is 10.8. The third-order valence-electron chi connectivity index (χ3n) is 2.14. The van der Waals surface area contributed by atoms with Gasteiger partial charge in [-0.05, 0) is 7.05 Å². The lowest BCUT2D eigenvalue weighted by atomic mass is 10.1. The smallest absolute Gasteiger partial charge is 0.221 e. The lowest BCUT2D eigenvalue weighted by molar-refractivity contribution is -0.121. The highest BCUT2D eigenvalue weighted by Gasteiger charge is 2.14. The Morgan fingerprint density at radius 2 is 1.71 bits per heavy atom. The number of nitrogens with zero attached hydrogens (tertiary/aromatic N) is 1. The first-order valence-corrected chi connectivity index (χ1v) is 5.02. The SMILES string of the molecule is CC(CN(C)CC(C)C(N)=S)C(N)=O. The molecule has 2 unspecified atom stereocenters. The Labute approximate surface area is 90.6 Å². The zero-order chi connectivity index (χ0) is 11.3. The second-order valence-corrected chi connectivity index (χ2v) is 4.30. The molecule has 2 atom stereocenters. The lowest BCUT2D eigenvalue weighted by Gasteiger charge is -2.22. The van der Waals surface area contributed by atoms with Crippen molar-refractivity contribution in [1.82, 2.24) is 4.90 Å². The number of carbonyl (C=O) groups excluding carboxylic acids is 1. The Morgan fingerprint density at radius 1 is 1.29 bits per heavy atom. The van der Waals surface area contributed by atoms with Crippen LogP contribution in [0.25, 0.3) is 0 Å². The molecule has 0 saturated heterocycles. The van der Waals surface area contributed by atoms with Gasteiger partial charge in [-0.2, -0.15) is 0 Å². The quantitative estimate of drug-likeness (QED) is 0.612. The number of hydrogen-bond acceptors (Lipinski definition) is 3. The molecule has 0 aromatic rings. The molecule has 0 aliphatic heterocycles. The van der Waals surface area contributed by atoms with Crippen molar-refractivity contribution >= 4 is 23.1 Å². The Bertz CT molecular complexity index is 198. The van der Waals surface area contributed by atoms with Crippen molar-refractivity contribution in [2.75, 3.05) is 20.1 Å². The number of nitrogens with two attached hydrogens (primary N) is 2. The van der Waals surface area contributed by atoms with E-state index < -0.39 is 0 Å². The summed E-state index contributed by atoms with van der Waals surface area (Å²) in [5.74, 6) is -0.256. The van der Waals surface area contributed by atoms with Crippen molar-refractivity contribution in [2.24, 2.45) is 23.3 Å². The largest absolute Gasteiger partial charge is 0.393 e. The monoisotopic (exact) mass is 217 g/mol. The van der Waals surface area contributed by atoms with E-state index in [0.717, 1.165) is 6.54 Å². The molecule has 0 saturated carbocycles. The molecule has 0 fully saturated rings. The summed E-state index contributed by atoms with van der Waals surface area (Å²) in [6.45, 7) is 5.17. The average Bonchev–Trinajstić information content (AvgIpc) is 2.03. The Balaban J connectivity index is 3.92. The van der Waals surface area contributed by atoms with Crippen molar-refractivity contribution in [3.8, 4) is 0 Å².